The molecule has 0 aromatic heterocycles. The van der Waals surface area contributed by atoms with Gasteiger partial charge in [0.15, 0.2) is 0 Å². The van der Waals surface area contributed by atoms with Crippen molar-refractivity contribution in [1.29, 1.82) is 5.26 Å². The minimum absolute atomic E-state index is 0.0183. The molecule has 1 amide bonds. The number of nitrogens with zero attached hydrogens (tertiary/aromatic N) is 1. The summed E-state index contributed by atoms with van der Waals surface area (Å²) in [7, 11) is 0. The summed E-state index contributed by atoms with van der Waals surface area (Å²) < 4.78 is 0. The zero-order valence-electron chi connectivity index (χ0n) is 14.8. The third kappa shape index (κ3) is 4.80. The highest BCUT2D eigenvalue weighted by Crippen LogP contribution is 2.25. The lowest BCUT2D eigenvalue weighted by Crippen LogP contribution is -2.30. The predicted octanol–water partition coefficient (Wildman–Crippen LogP) is 5.81. The number of carbonyl (C=O) groups excluding carboxylic acids is 1. The van der Waals surface area contributed by atoms with Gasteiger partial charge < -0.3 is 5.32 Å². The standard InChI is InChI=1S/C23H16Cl2N2O/c24-20-12-11-16(14-21(20)25)13-19(15-26)23(28)27-22(17-7-3-1-4-8-17)18-9-5-2-6-10-18/h1-14,22H,(H,27,28)/b19-13+. The Bertz CT molecular complexity index is 1000. The van der Waals surface area contributed by atoms with Crippen molar-refractivity contribution >= 4 is 35.2 Å². The second-order valence-corrected chi connectivity index (χ2v) is 6.89. The largest absolute Gasteiger partial charge is 0.340 e. The average molecular weight is 407 g/mol. The molecule has 0 aliphatic heterocycles. The molecule has 0 unspecified atom stereocenters. The Morgan fingerprint density at radius 2 is 1.46 bits per heavy atom. The van der Waals surface area contributed by atoms with E-state index in [1.807, 2.05) is 66.7 Å². The maximum atomic E-state index is 12.8. The van der Waals surface area contributed by atoms with Crippen LogP contribution < -0.4 is 5.32 Å². The fourth-order valence-corrected chi connectivity index (χ4v) is 3.08. The molecular weight excluding hydrogens is 391 g/mol. The molecule has 28 heavy (non-hydrogen) atoms. The van der Waals surface area contributed by atoms with Crippen LogP contribution in [0.3, 0.4) is 0 Å². The number of benzene rings is 3. The van der Waals surface area contributed by atoms with Crippen LogP contribution in [0.2, 0.25) is 10.0 Å². The van der Waals surface area contributed by atoms with E-state index in [2.05, 4.69) is 5.32 Å². The molecular formula is C23H16Cl2N2O. The van der Waals surface area contributed by atoms with Gasteiger partial charge in [-0.15, -0.1) is 0 Å². The lowest BCUT2D eigenvalue weighted by molar-refractivity contribution is -0.117. The quantitative estimate of drug-likeness (QED) is 0.429. The van der Waals surface area contributed by atoms with E-state index in [4.69, 9.17) is 23.2 Å². The lowest BCUT2D eigenvalue weighted by Gasteiger charge is -2.19. The van der Waals surface area contributed by atoms with Crippen molar-refractivity contribution in [3.8, 4) is 6.07 Å². The monoisotopic (exact) mass is 406 g/mol. The van der Waals surface area contributed by atoms with Gasteiger partial charge in [-0.05, 0) is 34.9 Å². The number of nitriles is 1. The molecule has 0 aliphatic rings. The zero-order valence-corrected chi connectivity index (χ0v) is 16.3. The fourth-order valence-electron chi connectivity index (χ4n) is 2.78. The first-order valence-corrected chi connectivity index (χ1v) is 9.31. The van der Waals surface area contributed by atoms with E-state index < -0.39 is 5.91 Å². The predicted molar refractivity (Wildman–Crippen MR) is 113 cm³/mol. The Morgan fingerprint density at radius 1 is 0.893 bits per heavy atom. The highest BCUT2D eigenvalue weighted by molar-refractivity contribution is 6.42. The number of rotatable bonds is 5. The SMILES string of the molecule is N#C/C(=C\c1ccc(Cl)c(Cl)c1)C(=O)NC(c1ccccc1)c1ccccc1. The van der Waals surface area contributed by atoms with Crippen LogP contribution in [0.5, 0.6) is 0 Å². The van der Waals surface area contributed by atoms with E-state index in [9.17, 15) is 10.1 Å². The van der Waals surface area contributed by atoms with Gasteiger partial charge in [-0.1, -0.05) is 89.9 Å². The van der Waals surface area contributed by atoms with Crippen molar-refractivity contribution in [3.63, 3.8) is 0 Å². The summed E-state index contributed by atoms with van der Waals surface area (Å²) in [5.74, 6) is -0.466. The summed E-state index contributed by atoms with van der Waals surface area (Å²) in [5, 5.41) is 13.2. The second-order valence-electron chi connectivity index (χ2n) is 6.07. The normalized spacial score (nSPS) is 11.1. The third-order valence-corrected chi connectivity index (χ3v) is 4.90. The summed E-state index contributed by atoms with van der Waals surface area (Å²) in [4.78, 5) is 12.8. The van der Waals surface area contributed by atoms with E-state index >= 15 is 0 Å². The molecule has 0 saturated carbocycles. The van der Waals surface area contributed by atoms with Crippen molar-refractivity contribution in [2.45, 2.75) is 6.04 Å². The van der Waals surface area contributed by atoms with Crippen LogP contribution in [-0.2, 0) is 4.79 Å². The molecule has 138 valence electrons. The first-order valence-electron chi connectivity index (χ1n) is 8.56. The average Bonchev–Trinajstić information content (AvgIpc) is 2.74. The minimum atomic E-state index is -0.466. The van der Waals surface area contributed by atoms with E-state index in [-0.39, 0.29) is 11.6 Å². The maximum Gasteiger partial charge on any atom is 0.262 e. The number of hydrogen-bond acceptors (Lipinski definition) is 2. The summed E-state index contributed by atoms with van der Waals surface area (Å²) in [6.45, 7) is 0. The third-order valence-electron chi connectivity index (χ3n) is 4.16. The number of hydrogen-bond donors (Lipinski definition) is 1. The van der Waals surface area contributed by atoms with Crippen LogP contribution in [0, 0.1) is 11.3 Å². The highest BCUT2D eigenvalue weighted by Gasteiger charge is 2.19. The molecule has 0 aliphatic carbocycles. The van der Waals surface area contributed by atoms with E-state index in [0.29, 0.717) is 15.6 Å². The summed E-state index contributed by atoms with van der Waals surface area (Å²) in [6.07, 6.45) is 1.49. The van der Waals surface area contributed by atoms with Gasteiger partial charge in [0.05, 0.1) is 16.1 Å². The van der Waals surface area contributed by atoms with Crippen molar-refractivity contribution < 1.29 is 4.79 Å². The van der Waals surface area contributed by atoms with Crippen LogP contribution in [0.15, 0.2) is 84.4 Å². The Hall–Kier alpha value is -3.06. The van der Waals surface area contributed by atoms with Gasteiger partial charge in [0.2, 0.25) is 0 Å². The summed E-state index contributed by atoms with van der Waals surface area (Å²) in [6, 6.07) is 25.7. The first kappa shape index (κ1) is 19.7. The Balaban J connectivity index is 1.91. The molecule has 0 bridgehead atoms. The van der Waals surface area contributed by atoms with Crippen LogP contribution in [0.25, 0.3) is 6.08 Å². The molecule has 0 heterocycles. The van der Waals surface area contributed by atoms with Crippen molar-refractivity contribution in [3.05, 3.63) is 111 Å². The van der Waals surface area contributed by atoms with Gasteiger partial charge in [-0.2, -0.15) is 5.26 Å². The maximum absolute atomic E-state index is 12.8. The summed E-state index contributed by atoms with van der Waals surface area (Å²) >= 11 is 11.9. The van der Waals surface area contributed by atoms with E-state index in [1.54, 1.807) is 18.2 Å². The van der Waals surface area contributed by atoms with Crippen LogP contribution in [0.1, 0.15) is 22.7 Å². The molecule has 1 N–H and O–H groups in total. The van der Waals surface area contributed by atoms with Gasteiger partial charge in [-0.25, -0.2) is 0 Å². The molecule has 0 spiro atoms. The molecule has 3 nitrogen and oxygen atoms in total. The van der Waals surface area contributed by atoms with Crippen molar-refractivity contribution in [2.24, 2.45) is 0 Å². The Kier molecular flexibility index (Phi) is 6.49. The van der Waals surface area contributed by atoms with Crippen LogP contribution in [0.4, 0.5) is 0 Å². The minimum Gasteiger partial charge on any atom is -0.340 e. The Labute approximate surface area is 173 Å². The second kappa shape index (κ2) is 9.23. The van der Waals surface area contributed by atoms with Crippen molar-refractivity contribution in [1.82, 2.24) is 5.32 Å². The van der Waals surface area contributed by atoms with E-state index in [1.165, 1.54) is 6.08 Å². The van der Waals surface area contributed by atoms with E-state index in [0.717, 1.165) is 11.1 Å². The molecule has 0 fully saturated rings. The zero-order chi connectivity index (χ0) is 19.9. The molecule has 0 saturated heterocycles. The van der Waals surface area contributed by atoms with Gasteiger partial charge in [0.25, 0.3) is 5.91 Å². The molecule has 3 rings (SSSR count). The first-order chi connectivity index (χ1) is 13.6. The molecule has 0 atom stereocenters. The lowest BCUT2D eigenvalue weighted by atomic mass is 9.98. The van der Waals surface area contributed by atoms with Crippen molar-refractivity contribution in [2.75, 3.05) is 0 Å². The highest BCUT2D eigenvalue weighted by atomic mass is 35.5. The molecule has 3 aromatic rings. The van der Waals surface area contributed by atoms with Crippen LogP contribution >= 0.6 is 23.2 Å². The van der Waals surface area contributed by atoms with Gasteiger partial charge in [-0.3, -0.25) is 4.79 Å². The smallest absolute Gasteiger partial charge is 0.262 e. The van der Waals surface area contributed by atoms with Gasteiger partial charge in [0.1, 0.15) is 11.6 Å². The Morgan fingerprint density at radius 3 is 1.96 bits per heavy atom. The number of amides is 1. The van der Waals surface area contributed by atoms with Crippen LogP contribution in [-0.4, -0.2) is 5.91 Å². The topological polar surface area (TPSA) is 52.9 Å². The number of carbonyl (C=O) groups is 1. The molecule has 0 radical (unpaired) electrons. The van der Waals surface area contributed by atoms with Gasteiger partial charge >= 0.3 is 0 Å². The number of nitrogens with one attached hydrogen (secondary N) is 1. The molecule has 3 aromatic carbocycles. The fraction of sp³-hybridized carbons (Fsp3) is 0.0435. The van der Waals surface area contributed by atoms with Gasteiger partial charge in [0, 0.05) is 0 Å². The molecule has 5 heteroatoms. The summed E-state index contributed by atoms with van der Waals surface area (Å²) in [5.41, 5.74) is 2.45. The number of halogens is 2.